The lowest BCUT2D eigenvalue weighted by molar-refractivity contribution is -0.119. The van der Waals surface area contributed by atoms with E-state index in [-0.39, 0.29) is 28.9 Å². The van der Waals surface area contributed by atoms with Gasteiger partial charge in [-0.25, -0.2) is 13.1 Å². The van der Waals surface area contributed by atoms with Crippen LogP contribution in [0.5, 0.6) is 0 Å². The second kappa shape index (κ2) is 5.08. The molecule has 1 amide bonds. The first kappa shape index (κ1) is 15.5. The number of nitrogens with one attached hydrogen (secondary N) is 1. The van der Waals surface area contributed by atoms with Crippen LogP contribution in [0.2, 0.25) is 0 Å². The lowest BCUT2D eigenvalue weighted by Gasteiger charge is -2.24. The van der Waals surface area contributed by atoms with Crippen LogP contribution < -0.4 is 5.32 Å². The van der Waals surface area contributed by atoms with Crippen LogP contribution >= 0.6 is 0 Å². The van der Waals surface area contributed by atoms with Crippen molar-refractivity contribution in [3.8, 4) is 0 Å². The van der Waals surface area contributed by atoms with Crippen LogP contribution in [0.15, 0.2) is 0 Å². The molecule has 2 heterocycles. The van der Waals surface area contributed by atoms with E-state index in [4.69, 9.17) is 0 Å². The Balaban J connectivity index is 1.96. The smallest absolute Gasteiger partial charge is 0.228 e. The third-order valence-corrected chi connectivity index (χ3v) is 5.83. The standard InChI is InChI=1S/C15H23N3O3S/c1-15(2,3)18-13(16-14(19)10-6-4-5-7-10)11-8-22(20,21)9-12(11)17-18/h10H,4-9H2,1-3H3,(H,16,19). The average molecular weight is 325 g/mol. The van der Waals surface area contributed by atoms with Crippen molar-refractivity contribution in [2.75, 3.05) is 5.32 Å². The highest BCUT2D eigenvalue weighted by molar-refractivity contribution is 7.90. The Bertz CT molecular complexity index is 707. The molecule has 1 fully saturated rings. The second-order valence-electron chi connectivity index (χ2n) is 7.36. The van der Waals surface area contributed by atoms with E-state index in [1.54, 1.807) is 4.68 Å². The fraction of sp³-hybridized carbons (Fsp3) is 0.733. The molecule has 0 spiro atoms. The van der Waals surface area contributed by atoms with Crippen molar-refractivity contribution in [2.24, 2.45) is 5.92 Å². The molecule has 7 heteroatoms. The molecule has 0 saturated heterocycles. The van der Waals surface area contributed by atoms with Crippen LogP contribution in [0.3, 0.4) is 0 Å². The van der Waals surface area contributed by atoms with Crippen LogP contribution in [0.1, 0.15) is 57.7 Å². The minimum atomic E-state index is -3.13. The summed E-state index contributed by atoms with van der Waals surface area (Å²) >= 11 is 0. The third kappa shape index (κ3) is 2.78. The minimum Gasteiger partial charge on any atom is -0.310 e. The number of amides is 1. The highest BCUT2D eigenvalue weighted by atomic mass is 32.2. The van der Waals surface area contributed by atoms with Gasteiger partial charge in [0.1, 0.15) is 5.82 Å². The molecule has 1 aliphatic heterocycles. The van der Waals surface area contributed by atoms with Crippen LogP contribution in [0.4, 0.5) is 5.82 Å². The summed E-state index contributed by atoms with van der Waals surface area (Å²) in [6, 6.07) is 0. The molecule has 1 N–H and O–H groups in total. The number of sulfone groups is 1. The van der Waals surface area contributed by atoms with Crippen LogP contribution in [-0.4, -0.2) is 24.1 Å². The molecule has 0 unspecified atom stereocenters. The summed E-state index contributed by atoms with van der Waals surface area (Å²) in [6.45, 7) is 5.98. The molecule has 0 aromatic carbocycles. The number of fused-ring (bicyclic) bond motifs is 1. The number of hydrogen-bond acceptors (Lipinski definition) is 4. The van der Waals surface area contributed by atoms with Gasteiger partial charge in [-0.05, 0) is 33.6 Å². The molecule has 0 radical (unpaired) electrons. The van der Waals surface area contributed by atoms with E-state index < -0.39 is 9.84 Å². The van der Waals surface area contributed by atoms with E-state index in [0.29, 0.717) is 17.1 Å². The summed E-state index contributed by atoms with van der Waals surface area (Å²) in [6.07, 6.45) is 4.00. The Kier molecular flexibility index (Phi) is 3.58. The van der Waals surface area contributed by atoms with E-state index in [0.717, 1.165) is 25.7 Å². The minimum absolute atomic E-state index is 0.00463. The number of carbonyl (C=O) groups excluding carboxylic acids is 1. The number of nitrogens with zero attached hydrogens (tertiary/aromatic N) is 2. The van der Waals surface area contributed by atoms with Gasteiger partial charge in [-0.3, -0.25) is 4.79 Å². The van der Waals surface area contributed by atoms with Gasteiger partial charge in [0.05, 0.1) is 22.7 Å². The van der Waals surface area contributed by atoms with Gasteiger partial charge in [0.2, 0.25) is 5.91 Å². The largest absolute Gasteiger partial charge is 0.310 e. The van der Waals surface area contributed by atoms with Crippen molar-refractivity contribution in [1.82, 2.24) is 9.78 Å². The number of hydrogen-bond donors (Lipinski definition) is 1. The summed E-state index contributed by atoms with van der Waals surface area (Å²) in [5.74, 6) is 0.545. The normalized spacial score (nSPS) is 21.0. The molecule has 22 heavy (non-hydrogen) atoms. The number of aromatic nitrogens is 2. The summed E-state index contributed by atoms with van der Waals surface area (Å²) in [7, 11) is -3.13. The molecule has 122 valence electrons. The summed E-state index contributed by atoms with van der Waals surface area (Å²) in [4.78, 5) is 12.5. The molecule has 1 aromatic heterocycles. The predicted octanol–water partition coefficient (Wildman–Crippen LogP) is 2.20. The first-order chi connectivity index (χ1) is 10.2. The Morgan fingerprint density at radius 1 is 1.23 bits per heavy atom. The lowest BCUT2D eigenvalue weighted by Crippen LogP contribution is -2.29. The molecule has 0 bridgehead atoms. The van der Waals surface area contributed by atoms with Gasteiger partial charge in [0.15, 0.2) is 9.84 Å². The Hall–Kier alpha value is -1.37. The van der Waals surface area contributed by atoms with Gasteiger partial charge in [0, 0.05) is 11.5 Å². The van der Waals surface area contributed by atoms with Crippen LogP contribution in [0.25, 0.3) is 0 Å². The van der Waals surface area contributed by atoms with Gasteiger partial charge < -0.3 is 5.32 Å². The fourth-order valence-corrected chi connectivity index (χ4v) is 4.76. The Morgan fingerprint density at radius 2 is 1.86 bits per heavy atom. The van der Waals surface area contributed by atoms with Crippen LogP contribution in [0, 0.1) is 5.92 Å². The van der Waals surface area contributed by atoms with E-state index in [2.05, 4.69) is 10.4 Å². The van der Waals surface area contributed by atoms with Gasteiger partial charge in [-0.15, -0.1) is 0 Å². The number of carbonyl (C=O) groups is 1. The van der Waals surface area contributed by atoms with Gasteiger partial charge in [-0.1, -0.05) is 12.8 Å². The van der Waals surface area contributed by atoms with Crippen molar-refractivity contribution >= 4 is 21.6 Å². The van der Waals surface area contributed by atoms with Crippen molar-refractivity contribution < 1.29 is 13.2 Å². The van der Waals surface area contributed by atoms with Gasteiger partial charge >= 0.3 is 0 Å². The van der Waals surface area contributed by atoms with Crippen molar-refractivity contribution in [3.63, 3.8) is 0 Å². The molecule has 2 aliphatic rings. The number of anilines is 1. The maximum atomic E-state index is 12.5. The van der Waals surface area contributed by atoms with E-state index in [9.17, 15) is 13.2 Å². The highest BCUT2D eigenvalue weighted by Gasteiger charge is 2.36. The lowest BCUT2D eigenvalue weighted by atomic mass is 10.1. The van der Waals surface area contributed by atoms with E-state index >= 15 is 0 Å². The maximum Gasteiger partial charge on any atom is 0.228 e. The van der Waals surface area contributed by atoms with E-state index in [1.165, 1.54) is 0 Å². The first-order valence-corrected chi connectivity index (χ1v) is 9.62. The maximum absolute atomic E-state index is 12.5. The zero-order chi connectivity index (χ0) is 16.1. The van der Waals surface area contributed by atoms with Crippen molar-refractivity contribution in [2.45, 2.75) is 63.5 Å². The monoisotopic (exact) mass is 325 g/mol. The third-order valence-electron chi connectivity index (χ3n) is 4.39. The first-order valence-electron chi connectivity index (χ1n) is 7.80. The topological polar surface area (TPSA) is 81.1 Å². The summed E-state index contributed by atoms with van der Waals surface area (Å²) < 4.78 is 25.4. The molecule has 6 nitrogen and oxygen atoms in total. The molecule has 1 aromatic rings. The van der Waals surface area contributed by atoms with Crippen molar-refractivity contribution in [1.29, 1.82) is 0 Å². The van der Waals surface area contributed by atoms with E-state index in [1.807, 2.05) is 20.8 Å². The average Bonchev–Trinajstić information content (AvgIpc) is 3.04. The second-order valence-corrected chi connectivity index (χ2v) is 9.42. The Morgan fingerprint density at radius 3 is 2.45 bits per heavy atom. The SMILES string of the molecule is CC(C)(C)n1nc2c(c1NC(=O)C1CCCC1)CS(=O)(=O)C2. The zero-order valence-corrected chi connectivity index (χ0v) is 14.2. The number of rotatable bonds is 2. The van der Waals surface area contributed by atoms with Gasteiger partial charge in [0.25, 0.3) is 0 Å². The molecular formula is C15H23N3O3S. The summed E-state index contributed by atoms with van der Waals surface area (Å²) in [5.41, 5.74) is 0.935. The molecule has 3 rings (SSSR count). The van der Waals surface area contributed by atoms with Gasteiger partial charge in [-0.2, -0.15) is 5.10 Å². The quantitative estimate of drug-likeness (QED) is 0.904. The zero-order valence-electron chi connectivity index (χ0n) is 13.3. The fourth-order valence-electron chi connectivity index (χ4n) is 3.26. The molecule has 0 atom stereocenters. The molecular weight excluding hydrogens is 302 g/mol. The predicted molar refractivity (Wildman–Crippen MR) is 84.1 cm³/mol. The molecule has 1 aliphatic carbocycles. The molecule has 1 saturated carbocycles. The van der Waals surface area contributed by atoms with Crippen molar-refractivity contribution in [3.05, 3.63) is 11.3 Å². The highest BCUT2D eigenvalue weighted by Crippen LogP contribution is 2.35. The van der Waals surface area contributed by atoms with Crippen LogP contribution in [-0.2, 0) is 31.7 Å². The Labute approximate surface area is 131 Å². The summed E-state index contributed by atoms with van der Waals surface area (Å²) in [5, 5.41) is 7.43.